The van der Waals surface area contributed by atoms with Gasteiger partial charge in [0.15, 0.2) is 0 Å². The normalized spacial score (nSPS) is 10.7. The summed E-state index contributed by atoms with van der Waals surface area (Å²) in [7, 11) is 0. The van der Waals surface area contributed by atoms with E-state index in [-0.39, 0.29) is 5.91 Å². The Balaban J connectivity index is 1.46. The molecule has 0 bridgehead atoms. The highest BCUT2D eigenvalue weighted by molar-refractivity contribution is 8.00. The van der Waals surface area contributed by atoms with Crippen LogP contribution in [-0.4, -0.2) is 10.9 Å². The van der Waals surface area contributed by atoms with Crippen LogP contribution in [0.25, 0.3) is 0 Å². The van der Waals surface area contributed by atoms with E-state index in [2.05, 4.69) is 41.5 Å². The van der Waals surface area contributed by atoms with Crippen molar-refractivity contribution in [1.29, 1.82) is 0 Å². The van der Waals surface area contributed by atoms with Gasteiger partial charge in [0.25, 0.3) is 0 Å². The van der Waals surface area contributed by atoms with Crippen molar-refractivity contribution in [3.8, 4) is 0 Å². The van der Waals surface area contributed by atoms with E-state index in [0.717, 1.165) is 21.5 Å². The molecule has 0 aliphatic rings. The van der Waals surface area contributed by atoms with Crippen LogP contribution in [0.1, 0.15) is 22.6 Å². The molecule has 0 aliphatic carbocycles. The monoisotopic (exact) mass is 358 g/mol. The molecule has 0 aliphatic heterocycles. The standard InChI is InChI=1S/C18H18N2O2S2/c1-13-4-6-14(7-5-13)11-23-18-20-15(12-24-18)9-17(21)19-10-16-3-2-8-22-16/h2-8,12H,9-11H2,1H3,(H,19,21). The number of aromatic nitrogens is 1. The second kappa shape index (κ2) is 8.17. The Hall–Kier alpha value is -2.05. The van der Waals surface area contributed by atoms with Crippen LogP contribution < -0.4 is 5.32 Å². The minimum Gasteiger partial charge on any atom is -0.467 e. The van der Waals surface area contributed by atoms with E-state index in [1.54, 1.807) is 35.4 Å². The molecule has 6 heteroatoms. The fourth-order valence-electron chi connectivity index (χ4n) is 2.09. The lowest BCUT2D eigenvalue weighted by Gasteiger charge is -2.01. The zero-order valence-electron chi connectivity index (χ0n) is 13.3. The molecule has 3 aromatic rings. The van der Waals surface area contributed by atoms with Gasteiger partial charge in [-0.15, -0.1) is 11.3 Å². The third-order valence-electron chi connectivity index (χ3n) is 3.40. The highest BCUT2D eigenvalue weighted by Crippen LogP contribution is 2.26. The van der Waals surface area contributed by atoms with Crippen LogP contribution in [0.15, 0.2) is 56.8 Å². The van der Waals surface area contributed by atoms with E-state index in [0.29, 0.717) is 13.0 Å². The fraction of sp³-hybridized carbons (Fsp3) is 0.222. The van der Waals surface area contributed by atoms with Gasteiger partial charge in [-0.05, 0) is 24.6 Å². The fourth-order valence-corrected chi connectivity index (χ4v) is 3.89. The Bertz CT molecular complexity index is 780. The number of benzene rings is 1. The first-order valence-electron chi connectivity index (χ1n) is 7.61. The Labute approximate surface area is 149 Å². The molecule has 2 aromatic heterocycles. The third-order valence-corrected chi connectivity index (χ3v) is 5.54. The molecule has 3 rings (SSSR count). The van der Waals surface area contributed by atoms with Crippen molar-refractivity contribution in [3.63, 3.8) is 0 Å². The van der Waals surface area contributed by atoms with Crippen molar-refractivity contribution in [2.45, 2.75) is 30.0 Å². The van der Waals surface area contributed by atoms with E-state index in [1.807, 2.05) is 11.4 Å². The van der Waals surface area contributed by atoms with E-state index >= 15 is 0 Å². The lowest BCUT2D eigenvalue weighted by atomic mass is 10.2. The molecular weight excluding hydrogens is 340 g/mol. The Morgan fingerprint density at radius 1 is 1.29 bits per heavy atom. The van der Waals surface area contributed by atoms with Crippen LogP contribution in [0.3, 0.4) is 0 Å². The summed E-state index contributed by atoms with van der Waals surface area (Å²) in [6.07, 6.45) is 1.89. The zero-order chi connectivity index (χ0) is 16.8. The lowest BCUT2D eigenvalue weighted by molar-refractivity contribution is -0.120. The molecule has 124 valence electrons. The summed E-state index contributed by atoms with van der Waals surface area (Å²) >= 11 is 3.28. The molecule has 4 nitrogen and oxygen atoms in total. The summed E-state index contributed by atoms with van der Waals surface area (Å²) in [5.41, 5.74) is 3.35. The lowest BCUT2D eigenvalue weighted by Crippen LogP contribution is -2.24. The van der Waals surface area contributed by atoms with Gasteiger partial charge in [0.2, 0.25) is 5.91 Å². The zero-order valence-corrected chi connectivity index (χ0v) is 15.0. The molecule has 24 heavy (non-hydrogen) atoms. The van der Waals surface area contributed by atoms with Gasteiger partial charge in [0, 0.05) is 11.1 Å². The molecule has 1 amide bonds. The number of carbonyl (C=O) groups is 1. The van der Waals surface area contributed by atoms with Crippen LogP contribution in [0, 0.1) is 6.92 Å². The number of nitrogens with zero attached hydrogens (tertiary/aromatic N) is 1. The Morgan fingerprint density at radius 2 is 2.12 bits per heavy atom. The van der Waals surface area contributed by atoms with Crippen molar-refractivity contribution in [2.24, 2.45) is 0 Å². The minimum absolute atomic E-state index is 0.0493. The average molecular weight is 358 g/mol. The van der Waals surface area contributed by atoms with Gasteiger partial charge in [-0.1, -0.05) is 41.6 Å². The summed E-state index contributed by atoms with van der Waals surface area (Å²) in [5.74, 6) is 1.58. The predicted octanol–water partition coefficient (Wildman–Crippen LogP) is 4.20. The molecule has 0 saturated heterocycles. The summed E-state index contributed by atoms with van der Waals surface area (Å²) in [5, 5.41) is 4.78. The van der Waals surface area contributed by atoms with Crippen LogP contribution in [0.2, 0.25) is 0 Å². The summed E-state index contributed by atoms with van der Waals surface area (Å²) in [6, 6.07) is 12.2. The number of amides is 1. The van der Waals surface area contributed by atoms with Crippen molar-refractivity contribution < 1.29 is 9.21 Å². The van der Waals surface area contributed by atoms with Crippen molar-refractivity contribution in [1.82, 2.24) is 10.3 Å². The second-order valence-corrected chi connectivity index (χ2v) is 7.49. The number of carbonyl (C=O) groups excluding carboxylic acids is 1. The van der Waals surface area contributed by atoms with Crippen molar-refractivity contribution in [2.75, 3.05) is 0 Å². The molecule has 1 N–H and O–H groups in total. The SMILES string of the molecule is Cc1ccc(CSc2nc(CC(=O)NCc3ccco3)cs2)cc1. The number of hydrogen-bond acceptors (Lipinski definition) is 5. The van der Waals surface area contributed by atoms with Gasteiger partial charge in [-0.2, -0.15) is 0 Å². The van der Waals surface area contributed by atoms with Crippen LogP contribution in [-0.2, 0) is 23.5 Å². The summed E-state index contributed by atoms with van der Waals surface area (Å²) < 4.78 is 6.18. The van der Waals surface area contributed by atoms with Gasteiger partial charge < -0.3 is 9.73 Å². The number of hydrogen-bond donors (Lipinski definition) is 1. The molecule has 2 heterocycles. The maximum atomic E-state index is 11.9. The molecule has 0 spiro atoms. The van der Waals surface area contributed by atoms with Gasteiger partial charge in [-0.25, -0.2) is 4.98 Å². The molecular formula is C18H18N2O2S2. The minimum atomic E-state index is -0.0493. The van der Waals surface area contributed by atoms with Gasteiger partial charge >= 0.3 is 0 Å². The van der Waals surface area contributed by atoms with Crippen molar-refractivity contribution in [3.05, 3.63) is 70.6 Å². The maximum Gasteiger partial charge on any atom is 0.226 e. The largest absolute Gasteiger partial charge is 0.467 e. The van der Waals surface area contributed by atoms with Crippen LogP contribution >= 0.6 is 23.1 Å². The number of thiazole rings is 1. The molecule has 0 fully saturated rings. The number of rotatable bonds is 7. The average Bonchev–Trinajstić information content (AvgIpc) is 3.24. The van der Waals surface area contributed by atoms with E-state index in [9.17, 15) is 4.79 Å². The third kappa shape index (κ3) is 4.97. The first-order valence-corrected chi connectivity index (χ1v) is 9.47. The predicted molar refractivity (Wildman–Crippen MR) is 97.1 cm³/mol. The second-order valence-electron chi connectivity index (χ2n) is 5.41. The molecule has 0 saturated carbocycles. The molecule has 0 radical (unpaired) electrons. The van der Waals surface area contributed by atoms with E-state index < -0.39 is 0 Å². The van der Waals surface area contributed by atoms with Gasteiger partial charge in [0.05, 0.1) is 24.9 Å². The topological polar surface area (TPSA) is 55.1 Å². The smallest absolute Gasteiger partial charge is 0.226 e. The maximum absolute atomic E-state index is 11.9. The highest BCUT2D eigenvalue weighted by atomic mass is 32.2. The molecule has 1 aromatic carbocycles. The first kappa shape index (κ1) is 16.8. The van der Waals surface area contributed by atoms with E-state index in [4.69, 9.17) is 4.42 Å². The molecule has 0 unspecified atom stereocenters. The summed E-state index contributed by atoms with van der Waals surface area (Å²) in [4.78, 5) is 16.5. The van der Waals surface area contributed by atoms with Crippen molar-refractivity contribution >= 4 is 29.0 Å². The van der Waals surface area contributed by atoms with Gasteiger partial charge in [-0.3, -0.25) is 4.79 Å². The quantitative estimate of drug-likeness (QED) is 0.643. The van der Waals surface area contributed by atoms with E-state index in [1.165, 1.54) is 11.1 Å². The highest BCUT2D eigenvalue weighted by Gasteiger charge is 2.09. The number of thioether (sulfide) groups is 1. The molecule has 0 atom stereocenters. The summed E-state index contributed by atoms with van der Waals surface area (Å²) in [6.45, 7) is 2.49. The van der Waals surface area contributed by atoms with Crippen LogP contribution in [0.4, 0.5) is 0 Å². The number of furan rings is 1. The number of aryl methyl sites for hydroxylation is 1. The Kier molecular flexibility index (Phi) is 5.72. The first-order chi connectivity index (χ1) is 11.7. The van der Waals surface area contributed by atoms with Crippen LogP contribution in [0.5, 0.6) is 0 Å². The number of nitrogens with one attached hydrogen (secondary N) is 1. The Morgan fingerprint density at radius 3 is 2.88 bits per heavy atom. The van der Waals surface area contributed by atoms with Gasteiger partial charge in [0.1, 0.15) is 10.1 Å².